The van der Waals surface area contributed by atoms with Crippen LogP contribution in [0.25, 0.3) is 0 Å². The van der Waals surface area contributed by atoms with Crippen molar-refractivity contribution in [1.29, 1.82) is 0 Å². The number of hydrogen-bond acceptors (Lipinski definition) is 8. The highest BCUT2D eigenvalue weighted by Crippen LogP contribution is 2.31. The average Bonchev–Trinajstić information content (AvgIpc) is 2.96. The van der Waals surface area contributed by atoms with Crippen molar-refractivity contribution in [2.24, 2.45) is 0 Å². The number of hydrogen-bond donors (Lipinski definition) is 2. The Hall–Kier alpha value is -2.79. The third kappa shape index (κ3) is 11.9. The summed E-state index contributed by atoms with van der Waals surface area (Å²) < 4.78 is 26.8. The summed E-state index contributed by atoms with van der Waals surface area (Å²) >= 11 is 0. The molecule has 2 rings (SSSR count). The van der Waals surface area contributed by atoms with Gasteiger partial charge in [0.25, 0.3) is 0 Å². The van der Waals surface area contributed by atoms with Gasteiger partial charge in [0.15, 0.2) is 0 Å². The van der Waals surface area contributed by atoms with Gasteiger partial charge in [-0.15, -0.1) is 0 Å². The molecule has 1 heterocycles. The van der Waals surface area contributed by atoms with Gasteiger partial charge in [-0.05, 0) is 30.7 Å². The Morgan fingerprint density at radius 3 is 1.73 bits per heavy atom. The van der Waals surface area contributed by atoms with Crippen LogP contribution in [0.1, 0.15) is 111 Å². The predicted octanol–water partition coefficient (Wildman–Crippen LogP) is 8.05. The molecule has 0 aliphatic carbocycles. The standard InChI is InChI=1S/C30H50N6O4S/c1-4-7-8-9-10-11-12-13-14-15-16-17-18-19-24-31-29-28(36(37)38)30(33-25-32-29)34-26-20-22-27(23-21-26)41(39,40)35(5-2)6-3/h20-23,25H,4-19,24H2,1-3H3,(H2,31,32,33,34). The van der Waals surface area contributed by atoms with E-state index in [1.807, 2.05) is 0 Å². The van der Waals surface area contributed by atoms with Crippen molar-refractivity contribution in [3.8, 4) is 0 Å². The van der Waals surface area contributed by atoms with Crippen LogP contribution in [0.4, 0.5) is 23.0 Å². The molecule has 1 aromatic carbocycles. The maximum atomic E-state index is 12.7. The van der Waals surface area contributed by atoms with E-state index in [0.29, 0.717) is 25.3 Å². The fourth-order valence-electron chi connectivity index (χ4n) is 4.86. The smallest absolute Gasteiger partial charge is 0.353 e. The fraction of sp³-hybridized carbons (Fsp3) is 0.667. The van der Waals surface area contributed by atoms with Gasteiger partial charge in [0, 0.05) is 25.3 Å². The van der Waals surface area contributed by atoms with Crippen molar-refractivity contribution in [3.63, 3.8) is 0 Å². The van der Waals surface area contributed by atoms with Crippen LogP contribution in [-0.4, -0.2) is 47.2 Å². The highest BCUT2D eigenvalue weighted by atomic mass is 32.2. The summed E-state index contributed by atoms with van der Waals surface area (Å²) in [5, 5.41) is 17.9. The van der Waals surface area contributed by atoms with Crippen LogP contribution in [0.5, 0.6) is 0 Å². The Labute approximate surface area is 246 Å². The SMILES string of the molecule is CCCCCCCCCCCCCCCCNc1ncnc(Nc2ccc(S(=O)(=O)N(CC)CC)cc2)c1[N+](=O)[O-]. The van der Waals surface area contributed by atoms with E-state index in [2.05, 4.69) is 27.5 Å². The van der Waals surface area contributed by atoms with Gasteiger partial charge in [-0.3, -0.25) is 10.1 Å². The Bertz CT molecular complexity index is 1120. The van der Waals surface area contributed by atoms with Crippen LogP contribution in [0.3, 0.4) is 0 Å². The van der Waals surface area contributed by atoms with E-state index >= 15 is 0 Å². The van der Waals surface area contributed by atoms with E-state index in [1.54, 1.807) is 26.0 Å². The van der Waals surface area contributed by atoms with Crippen molar-refractivity contribution in [3.05, 3.63) is 40.7 Å². The van der Waals surface area contributed by atoms with Crippen LogP contribution in [-0.2, 0) is 10.0 Å². The number of nitrogens with one attached hydrogen (secondary N) is 2. The van der Waals surface area contributed by atoms with Crippen LogP contribution in [0, 0.1) is 10.1 Å². The second-order valence-electron chi connectivity index (χ2n) is 10.4. The normalized spacial score (nSPS) is 11.6. The zero-order chi connectivity index (χ0) is 29.9. The topological polar surface area (TPSA) is 130 Å². The summed E-state index contributed by atoms with van der Waals surface area (Å²) in [7, 11) is -3.59. The quantitative estimate of drug-likeness (QED) is 0.0755. The van der Waals surface area contributed by atoms with E-state index in [4.69, 9.17) is 0 Å². The first-order valence-corrected chi connectivity index (χ1v) is 16.9. The van der Waals surface area contributed by atoms with E-state index in [-0.39, 0.29) is 22.2 Å². The summed E-state index contributed by atoms with van der Waals surface area (Å²) in [5.74, 6) is 0.218. The van der Waals surface area contributed by atoms with Gasteiger partial charge in [0.05, 0.1) is 9.82 Å². The lowest BCUT2D eigenvalue weighted by Gasteiger charge is -2.18. The van der Waals surface area contributed by atoms with Gasteiger partial charge < -0.3 is 10.6 Å². The van der Waals surface area contributed by atoms with Gasteiger partial charge in [-0.25, -0.2) is 18.4 Å². The minimum atomic E-state index is -3.59. The van der Waals surface area contributed by atoms with E-state index in [9.17, 15) is 18.5 Å². The Balaban J connectivity index is 1.77. The number of aromatic nitrogens is 2. The summed E-state index contributed by atoms with van der Waals surface area (Å²) in [5.41, 5.74) is 0.251. The van der Waals surface area contributed by atoms with Crippen molar-refractivity contribution in [2.75, 3.05) is 30.3 Å². The molecule has 1 aromatic heterocycles. The van der Waals surface area contributed by atoms with E-state index < -0.39 is 14.9 Å². The maximum Gasteiger partial charge on any atom is 0.353 e. The Morgan fingerprint density at radius 2 is 1.24 bits per heavy atom. The first-order valence-electron chi connectivity index (χ1n) is 15.5. The molecular formula is C30H50N6O4S. The van der Waals surface area contributed by atoms with Gasteiger partial charge >= 0.3 is 5.69 Å². The van der Waals surface area contributed by atoms with Gasteiger partial charge in [0.1, 0.15) is 6.33 Å². The lowest BCUT2D eigenvalue weighted by molar-refractivity contribution is -0.383. The number of nitrogens with zero attached hydrogens (tertiary/aromatic N) is 4. The zero-order valence-corrected chi connectivity index (χ0v) is 26.1. The van der Waals surface area contributed by atoms with Crippen molar-refractivity contribution in [1.82, 2.24) is 14.3 Å². The van der Waals surface area contributed by atoms with Gasteiger partial charge in [-0.1, -0.05) is 104 Å². The van der Waals surface area contributed by atoms with Gasteiger partial charge in [-0.2, -0.15) is 4.31 Å². The minimum Gasteiger partial charge on any atom is -0.364 e. The number of sulfonamides is 1. The van der Waals surface area contributed by atoms with Crippen LogP contribution >= 0.6 is 0 Å². The second-order valence-corrected chi connectivity index (χ2v) is 12.4. The largest absolute Gasteiger partial charge is 0.364 e. The van der Waals surface area contributed by atoms with Crippen LogP contribution in [0.2, 0.25) is 0 Å². The molecule has 0 spiro atoms. The first kappa shape index (κ1) is 34.4. The summed E-state index contributed by atoms with van der Waals surface area (Å²) in [4.78, 5) is 19.7. The zero-order valence-electron chi connectivity index (χ0n) is 25.2. The number of rotatable bonds is 23. The molecule has 0 aliphatic heterocycles. The molecule has 0 fully saturated rings. The fourth-order valence-corrected chi connectivity index (χ4v) is 6.32. The third-order valence-corrected chi connectivity index (χ3v) is 9.35. The highest BCUT2D eigenvalue weighted by Gasteiger charge is 2.24. The van der Waals surface area contributed by atoms with Crippen LogP contribution in [0.15, 0.2) is 35.5 Å². The predicted molar refractivity (Wildman–Crippen MR) is 167 cm³/mol. The third-order valence-electron chi connectivity index (χ3n) is 7.29. The molecule has 0 amide bonds. The van der Waals surface area contributed by atoms with E-state index in [0.717, 1.165) is 19.3 Å². The molecule has 41 heavy (non-hydrogen) atoms. The number of benzene rings is 1. The number of unbranched alkanes of at least 4 members (excludes halogenated alkanes) is 13. The monoisotopic (exact) mass is 590 g/mol. The van der Waals surface area contributed by atoms with Gasteiger partial charge in [0.2, 0.25) is 21.7 Å². The molecular weight excluding hydrogens is 540 g/mol. The first-order chi connectivity index (χ1) is 19.8. The van der Waals surface area contributed by atoms with E-state index in [1.165, 1.54) is 93.4 Å². The molecule has 2 aromatic rings. The number of anilines is 3. The van der Waals surface area contributed by atoms with Crippen molar-refractivity contribution in [2.45, 2.75) is 116 Å². The molecule has 0 saturated heterocycles. The van der Waals surface area contributed by atoms with Crippen LogP contribution < -0.4 is 10.6 Å². The lowest BCUT2D eigenvalue weighted by Crippen LogP contribution is -2.30. The molecule has 0 atom stereocenters. The summed E-state index contributed by atoms with van der Waals surface area (Å²) in [6.45, 7) is 7.17. The second kappa shape index (κ2) is 19.4. The molecule has 0 saturated carbocycles. The average molecular weight is 591 g/mol. The lowest BCUT2D eigenvalue weighted by atomic mass is 10.0. The highest BCUT2D eigenvalue weighted by molar-refractivity contribution is 7.89. The maximum absolute atomic E-state index is 12.7. The molecule has 10 nitrogen and oxygen atoms in total. The molecule has 230 valence electrons. The molecule has 0 bridgehead atoms. The molecule has 2 N–H and O–H groups in total. The number of nitro groups is 1. The molecule has 0 aliphatic rings. The Morgan fingerprint density at radius 1 is 0.756 bits per heavy atom. The Kier molecular flexibility index (Phi) is 16.2. The molecule has 0 radical (unpaired) electrons. The molecule has 11 heteroatoms. The summed E-state index contributed by atoms with van der Waals surface area (Å²) in [6.07, 6.45) is 19.1. The van der Waals surface area contributed by atoms with Crippen molar-refractivity contribution >= 4 is 33.0 Å². The van der Waals surface area contributed by atoms with Crippen molar-refractivity contribution < 1.29 is 13.3 Å². The summed E-state index contributed by atoms with van der Waals surface area (Å²) in [6, 6.07) is 6.11. The molecule has 0 unspecified atom stereocenters. The minimum absolute atomic E-state index is 0.0489.